The summed E-state index contributed by atoms with van der Waals surface area (Å²) >= 11 is 0. The molecule has 0 spiro atoms. The van der Waals surface area contributed by atoms with Gasteiger partial charge in [-0.3, -0.25) is 4.79 Å². The third-order valence-corrected chi connectivity index (χ3v) is 5.16. The maximum atomic E-state index is 12.1. The van der Waals surface area contributed by atoms with Crippen molar-refractivity contribution in [1.82, 2.24) is 10.2 Å². The highest BCUT2D eigenvalue weighted by molar-refractivity contribution is 5.67. The van der Waals surface area contributed by atoms with Crippen molar-refractivity contribution in [3.8, 4) is 0 Å². The number of unbranched alkanes of at least 4 members (excludes halogenated alkanes) is 2. The molecule has 0 rings (SSSR count). The van der Waals surface area contributed by atoms with E-state index < -0.39 is 12.2 Å². The molecule has 0 aromatic carbocycles. The van der Waals surface area contributed by atoms with Crippen LogP contribution in [0.4, 0.5) is 4.79 Å². The fourth-order valence-corrected chi connectivity index (χ4v) is 3.32. The summed E-state index contributed by atoms with van der Waals surface area (Å²) in [6, 6.07) is 0. The van der Waals surface area contributed by atoms with Gasteiger partial charge in [0.25, 0.3) is 0 Å². The molecule has 2 N–H and O–H groups in total. The molecule has 0 heterocycles. The van der Waals surface area contributed by atoms with E-state index in [1.165, 1.54) is 32.6 Å². The van der Waals surface area contributed by atoms with Gasteiger partial charge in [-0.25, -0.2) is 4.79 Å². The Bertz CT molecular complexity index is 439. The van der Waals surface area contributed by atoms with Gasteiger partial charge in [0.05, 0.1) is 6.10 Å². The highest BCUT2D eigenvalue weighted by Gasteiger charge is 2.21. The van der Waals surface area contributed by atoms with Crippen molar-refractivity contribution >= 4 is 12.1 Å². The zero-order valence-corrected chi connectivity index (χ0v) is 20.0. The molecule has 0 saturated carbocycles. The number of amides is 1. The van der Waals surface area contributed by atoms with Crippen molar-refractivity contribution < 1.29 is 24.2 Å². The second kappa shape index (κ2) is 18.4. The maximum Gasteiger partial charge on any atom is 0.407 e. The molecule has 0 aliphatic carbocycles. The van der Waals surface area contributed by atoms with Crippen molar-refractivity contribution in [3.63, 3.8) is 0 Å². The van der Waals surface area contributed by atoms with Gasteiger partial charge in [0, 0.05) is 26.3 Å². The first-order valence-corrected chi connectivity index (χ1v) is 11.9. The van der Waals surface area contributed by atoms with Gasteiger partial charge >= 0.3 is 12.1 Å². The van der Waals surface area contributed by atoms with Crippen LogP contribution in [-0.2, 0) is 14.3 Å². The van der Waals surface area contributed by atoms with Crippen molar-refractivity contribution in [1.29, 1.82) is 0 Å². The third-order valence-electron chi connectivity index (χ3n) is 5.16. The first-order chi connectivity index (χ1) is 14.4. The molecule has 0 fully saturated rings. The minimum atomic E-state index is -0.683. The summed E-state index contributed by atoms with van der Waals surface area (Å²) in [6.45, 7) is 13.4. The SMILES string of the molecule is CCCCN(CCCC)CCCNC(=O)OC(CC)CC(O)CC(CC)OC(C)=O. The van der Waals surface area contributed by atoms with E-state index in [0.29, 0.717) is 32.2 Å². The number of aliphatic hydroxyl groups is 1. The molecule has 3 unspecified atom stereocenters. The molecule has 0 radical (unpaired) electrons. The third kappa shape index (κ3) is 15.5. The van der Waals surface area contributed by atoms with Crippen LogP contribution in [-0.4, -0.2) is 66.6 Å². The number of nitrogens with one attached hydrogen (secondary N) is 1. The predicted molar refractivity (Wildman–Crippen MR) is 121 cm³/mol. The van der Waals surface area contributed by atoms with Crippen molar-refractivity contribution in [2.75, 3.05) is 26.2 Å². The van der Waals surface area contributed by atoms with E-state index in [-0.39, 0.29) is 18.2 Å². The van der Waals surface area contributed by atoms with E-state index in [9.17, 15) is 14.7 Å². The zero-order chi connectivity index (χ0) is 22.8. The van der Waals surface area contributed by atoms with E-state index in [0.717, 1.165) is 26.1 Å². The van der Waals surface area contributed by atoms with Crippen LogP contribution in [0.5, 0.6) is 0 Å². The van der Waals surface area contributed by atoms with Gasteiger partial charge in [-0.2, -0.15) is 0 Å². The van der Waals surface area contributed by atoms with Gasteiger partial charge in [-0.05, 0) is 51.7 Å². The first kappa shape index (κ1) is 28.7. The average Bonchev–Trinajstić information content (AvgIpc) is 2.70. The van der Waals surface area contributed by atoms with Gasteiger partial charge in [0.2, 0.25) is 0 Å². The van der Waals surface area contributed by atoms with Crippen molar-refractivity contribution in [3.05, 3.63) is 0 Å². The molecule has 0 aromatic heterocycles. The van der Waals surface area contributed by atoms with Crippen LogP contribution < -0.4 is 5.32 Å². The smallest absolute Gasteiger partial charge is 0.407 e. The largest absolute Gasteiger partial charge is 0.462 e. The van der Waals surface area contributed by atoms with Crippen molar-refractivity contribution in [2.24, 2.45) is 0 Å². The number of rotatable bonds is 18. The topological polar surface area (TPSA) is 88.1 Å². The van der Waals surface area contributed by atoms with Crippen LogP contribution in [0.2, 0.25) is 0 Å². The Morgan fingerprint density at radius 2 is 1.37 bits per heavy atom. The number of carbonyl (C=O) groups is 2. The number of carbonyl (C=O) groups excluding carboxylic acids is 2. The Morgan fingerprint density at radius 1 is 0.867 bits per heavy atom. The summed E-state index contributed by atoms with van der Waals surface area (Å²) < 4.78 is 10.6. The van der Waals surface area contributed by atoms with E-state index in [4.69, 9.17) is 9.47 Å². The van der Waals surface area contributed by atoms with E-state index in [2.05, 4.69) is 24.1 Å². The molecule has 7 heteroatoms. The summed E-state index contributed by atoms with van der Waals surface area (Å²) in [7, 11) is 0. The maximum absolute atomic E-state index is 12.1. The number of esters is 1. The van der Waals surface area contributed by atoms with Gasteiger partial charge in [-0.15, -0.1) is 0 Å². The lowest BCUT2D eigenvalue weighted by Gasteiger charge is -2.23. The van der Waals surface area contributed by atoms with Crippen LogP contribution in [0.25, 0.3) is 0 Å². The minimum absolute atomic E-state index is 0.313. The molecule has 0 aliphatic heterocycles. The quantitative estimate of drug-likeness (QED) is 0.249. The van der Waals surface area contributed by atoms with E-state index in [1.54, 1.807) is 0 Å². The number of ether oxygens (including phenoxy) is 2. The fourth-order valence-electron chi connectivity index (χ4n) is 3.32. The summed E-state index contributed by atoms with van der Waals surface area (Å²) in [5.74, 6) is -0.348. The minimum Gasteiger partial charge on any atom is -0.462 e. The average molecular weight is 431 g/mol. The Morgan fingerprint density at radius 3 is 1.83 bits per heavy atom. The molecule has 0 aromatic rings. The second-order valence-electron chi connectivity index (χ2n) is 8.03. The molecule has 178 valence electrons. The van der Waals surface area contributed by atoms with Crippen LogP contribution in [0, 0.1) is 0 Å². The van der Waals surface area contributed by atoms with Gasteiger partial charge in [0.1, 0.15) is 12.2 Å². The lowest BCUT2D eigenvalue weighted by atomic mass is 10.0. The summed E-state index contributed by atoms with van der Waals surface area (Å²) in [5, 5.41) is 13.1. The Balaban J connectivity index is 4.21. The number of alkyl carbamates (subject to hydrolysis) is 1. The van der Waals surface area contributed by atoms with Crippen LogP contribution >= 0.6 is 0 Å². The number of hydrogen-bond donors (Lipinski definition) is 2. The van der Waals surface area contributed by atoms with Crippen molar-refractivity contribution in [2.45, 2.75) is 111 Å². The Hall–Kier alpha value is -1.34. The van der Waals surface area contributed by atoms with E-state index in [1.807, 2.05) is 13.8 Å². The molecular weight excluding hydrogens is 384 g/mol. The molecular formula is C23H46N2O5. The van der Waals surface area contributed by atoms with Gasteiger partial charge < -0.3 is 24.8 Å². The number of hydrogen-bond acceptors (Lipinski definition) is 6. The molecule has 0 saturated heterocycles. The summed E-state index contributed by atoms with van der Waals surface area (Å²) in [4.78, 5) is 25.7. The highest BCUT2D eigenvalue weighted by atomic mass is 16.6. The van der Waals surface area contributed by atoms with E-state index >= 15 is 0 Å². The standard InChI is InChI=1S/C23H46N2O5/c1-6-10-14-25(15-11-7-2)16-12-13-24-23(28)30-22(9-4)18-20(27)17-21(8-3)29-19(5)26/h20-22,27H,6-18H2,1-5H3,(H,24,28). The van der Waals surface area contributed by atoms with Gasteiger partial charge in [-0.1, -0.05) is 40.5 Å². The Labute approximate surface area is 183 Å². The molecule has 0 aliphatic rings. The van der Waals surface area contributed by atoms with Crippen LogP contribution in [0.3, 0.4) is 0 Å². The van der Waals surface area contributed by atoms with Crippen LogP contribution in [0.1, 0.15) is 92.4 Å². The predicted octanol–water partition coefficient (Wildman–Crippen LogP) is 4.27. The van der Waals surface area contributed by atoms with Gasteiger partial charge in [0.15, 0.2) is 0 Å². The number of nitrogens with zero attached hydrogens (tertiary/aromatic N) is 1. The summed E-state index contributed by atoms with van der Waals surface area (Å²) in [5.41, 5.74) is 0. The molecule has 1 amide bonds. The normalized spacial score (nSPS) is 14.2. The number of aliphatic hydroxyl groups excluding tert-OH is 1. The monoisotopic (exact) mass is 430 g/mol. The molecule has 30 heavy (non-hydrogen) atoms. The molecule has 0 bridgehead atoms. The first-order valence-electron chi connectivity index (χ1n) is 11.9. The Kier molecular flexibility index (Phi) is 17.6. The fraction of sp³-hybridized carbons (Fsp3) is 0.913. The second-order valence-corrected chi connectivity index (χ2v) is 8.03. The lowest BCUT2D eigenvalue weighted by molar-refractivity contribution is -0.148. The summed E-state index contributed by atoms with van der Waals surface area (Å²) in [6.07, 6.45) is 5.84. The molecule has 3 atom stereocenters. The van der Waals surface area contributed by atoms with Crippen LogP contribution in [0.15, 0.2) is 0 Å². The highest BCUT2D eigenvalue weighted by Crippen LogP contribution is 2.15. The zero-order valence-electron chi connectivity index (χ0n) is 20.0. The molecule has 7 nitrogen and oxygen atoms in total. The lowest BCUT2D eigenvalue weighted by Crippen LogP contribution is -2.34.